The topological polar surface area (TPSA) is 73.6 Å². The van der Waals surface area contributed by atoms with Gasteiger partial charge < -0.3 is 20.5 Å². The van der Waals surface area contributed by atoms with Crippen LogP contribution in [-0.2, 0) is 9.47 Å². The van der Waals surface area contributed by atoms with Gasteiger partial charge in [-0.2, -0.15) is 0 Å². The van der Waals surface area contributed by atoms with Crippen LogP contribution >= 0.6 is 0 Å². The molecule has 0 saturated carbocycles. The van der Waals surface area contributed by atoms with E-state index in [0.717, 1.165) is 31.7 Å². The first kappa shape index (κ1) is 12.7. The zero-order valence-electron chi connectivity index (χ0n) is 10.4. The van der Waals surface area contributed by atoms with Crippen LogP contribution in [0.2, 0.25) is 0 Å². The number of rotatable bonds is 4. The molecular weight excluding hydrogens is 232 g/mol. The molecule has 5 heteroatoms. The maximum Gasteiger partial charge on any atom is 0.337 e. The van der Waals surface area contributed by atoms with Crippen LogP contribution in [0, 0.1) is 0 Å². The predicted octanol–water partition coefficient (Wildman–Crippen LogP) is 1.65. The standard InChI is InChI=1S/C13H18N2O3/c1-17-13(16)9-4-5-12(11(14)7-9)15-8-10-3-2-6-18-10/h4-5,7,10,15H,2-3,6,8,14H2,1H3. The molecule has 3 N–H and O–H groups in total. The monoisotopic (exact) mass is 250 g/mol. The maximum absolute atomic E-state index is 11.3. The molecule has 1 aliphatic heterocycles. The highest BCUT2D eigenvalue weighted by Gasteiger charge is 2.15. The highest BCUT2D eigenvalue weighted by molar-refractivity contribution is 5.91. The average molecular weight is 250 g/mol. The Labute approximate surface area is 106 Å². The minimum absolute atomic E-state index is 0.254. The fourth-order valence-corrected chi connectivity index (χ4v) is 2.00. The third-order valence-electron chi connectivity index (χ3n) is 3.02. The fourth-order valence-electron chi connectivity index (χ4n) is 2.00. The fraction of sp³-hybridized carbons (Fsp3) is 0.462. The first-order valence-electron chi connectivity index (χ1n) is 6.04. The molecule has 5 nitrogen and oxygen atoms in total. The second-order valence-electron chi connectivity index (χ2n) is 4.31. The molecule has 1 aliphatic rings. The summed E-state index contributed by atoms with van der Waals surface area (Å²) in [4.78, 5) is 11.3. The zero-order valence-corrected chi connectivity index (χ0v) is 10.4. The molecule has 1 unspecified atom stereocenters. The van der Waals surface area contributed by atoms with Gasteiger partial charge in [-0.15, -0.1) is 0 Å². The number of carbonyl (C=O) groups is 1. The first-order chi connectivity index (χ1) is 8.70. The molecule has 1 aromatic carbocycles. The van der Waals surface area contributed by atoms with E-state index in [1.165, 1.54) is 7.11 Å². The van der Waals surface area contributed by atoms with Crippen molar-refractivity contribution >= 4 is 17.3 Å². The van der Waals surface area contributed by atoms with Crippen molar-refractivity contribution < 1.29 is 14.3 Å². The van der Waals surface area contributed by atoms with Gasteiger partial charge in [0.05, 0.1) is 30.2 Å². The Morgan fingerprint density at radius 2 is 2.44 bits per heavy atom. The normalized spacial score (nSPS) is 18.6. The number of carbonyl (C=O) groups excluding carboxylic acids is 1. The van der Waals surface area contributed by atoms with Crippen LogP contribution in [0.5, 0.6) is 0 Å². The number of nitrogen functional groups attached to an aromatic ring is 1. The minimum atomic E-state index is -0.382. The van der Waals surface area contributed by atoms with Crippen molar-refractivity contribution in [1.29, 1.82) is 0 Å². The highest BCUT2D eigenvalue weighted by Crippen LogP contribution is 2.21. The average Bonchev–Trinajstić information content (AvgIpc) is 2.89. The van der Waals surface area contributed by atoms with Gasteiger partial charge in [0, 0.05) is 13.2 Å². The van der Waals surface area contributed by atoms with Gasteiger partial charge in [0.2, 0.25) is 0 Å². The molecule has 1 saturated heterocycles. The molecule has 0 amide bonds. The summed E-state index contributed by atoms with van der Waals surface area (Å²) in [6.45, 7) is 1.57. The number of hydrogen-bond acceptors (Lipinski definition) is 5. The summed E-state index contributed by atoms with van der Waals surface area (Å²) < 4.78 is 10.2. The maximum atomic E-state index is 11.3. The van der Waals surface area contributed by atoms with E-state index in [-0.39, 0.29) is 12.1 Å². The van der Waals surface area contributed by atoms with Gasteiger partial charge in [-0.25, -0.2) is 4.79 Å². The summed E-state index contributed by atoms with van der Waals surface area (Å²) in [5, 5.41) is 3.24. The van der Waals surface area contributed by atoms with Gasteiger partial charge in [-0.3, -0.25) is 0 Å². The van der Waals surface area contributed by atoms with Gasteiger partial charge >= 0.3 is 5.97 Å². The number of anilines is 2. The number of esters is 1. The molecule has 1 atom stereocenters. The summed E-state index contributed by atoms with van der Waals surface area (Å²) in [6.07, 6.45) is 2.45. The minimum Gasteiger partial charge on any atom is -0.465 e. The number of methoxy groups -OCH3 is 1. The lowest BCUT2D eigenvalue weighted by atomic mass is 10.1. The summed E-state index contributed by atoms with van der Waals surface area (Å²) in [5.41, 5.74) is 7.70. The van der Waals surface area contributed by atoms with Crippen LogP contribution in [0.3, 0.4) is 0 Å². The van der Waals surface area contributed by atoms with Crippen LogP contribution in [-0.4, -0.2) is 32.3 Å². The van der Waals surface area contributed by atoms with E-state index in [2.05, 4.69) is 10.1 Å². The van der Waals surface area contributed by atoms with Crippen molar-refractivity contribution in [3.05, 3.63) is 23.8 Å². The molecule has 0 spiro atoms. The largest absolute Gasteiger partial charge is 0.465 e. The molecule has 1 heterocycles. The summed E-state index contributed by atoms with van der Waals surface area (Å²) >= 11 is 0. The number of ether oxygens (including phenoxy) is 2. The van der Waals surface area contributed by atoms with Gasteiger partial charge in [0.25, 0.3) is 0 Å². The van der Waals surface area contributed by atoms with E-state index in [0.29, 0.717) is 11.3 Å². The van der Waals surface area contributed by atoms with Crippen LogP contribution < -0.4 is 11.1 Å². The van der Waals surface area contributed by atoms with Crippen LogP contribution in [0.4, 0.5) is 11.4 Å². The Kier molecular flexibility index (Phi) is 4.04. The van der Waals surface area contributed by atoms with Gasteiger partial charge in [-0.1, -0.05) is 0 Å². The molecule has 0 aromatic heterocycles. The third-order valence-corrected chi connectivity index (χ3v) is 3.02. The molecule has 1 fully saturated rings. The smallest absolute Gasteiger partial charge is 0.337 e. The van der Waals surface area contributed by atoms with Gasteiger partial charge in [-0.05, 0) is 31.0 Å². The lowest BCUT2D eigenvalue weighted by Crippen LogP contribution is -2.19. The van der Waals surface area contributed by atoms with Crippen LogP contribution in [0.15, 0.2) is 18.2 Å². The third kappa shape index (κ3) is 2.92. The Hall–Kier alpha value is -1.75. The SMILES string of the molecule is COC(=O)c1ccc(NCC2CCCO2)c(N)c1. The van der Waals surface area contributed by atoms with E-state index in [9.17, 15) is 4.79 Å². The van der Waals surface area contributed by atoms with Crippen LogP contribution in [0.25, 0.3) is 0 Å². The summed E-state index contributed by atoms with van der Waals surface area (Å²) in [7, 11) is 1.35. The summed E-state index contributed by atoms with van der Waals surface area (Å²) in [5.74, 6) is -0.382. The van der Waals surface area contributed by atoms with E-state index in [1.807, 2.05) is 0 Å². The molecule has 2 rings (SSSR count). The molecule has 0 bridgehead atoms. The quantitative estimate of drug-likeness (QED) is 0.628. The molecule has 0 aliphatic carbocycles. The van der Waals surface area contributed by atoms with Gasteiger partial charge in [0.1, 0.15) is 0 Å². The summed E-state index contributed by atoms with van der Waals surface area (Å²) in [6, 6.07) is 5.10. The molecule has 1 aromatic rings. The second-order valence-corrected chi connectivity index (χ2v) is 4.31. The number of benzene rings is 1. The van der Waals surface area contributed by atoms with E-state index >= 15 is 0 Å². The molecule has 0 radical (unpaired) electrons. The van der Waals surface area contributed by atoms with Gasteiger partial charge in [0.15, 0.2) is 0 Å². The molecule has 18 heavy (non-hydrogen) atoms. The number of nitrogens with two attached hydrogens (primary N) is 1. The number of hydrogen-bond donors (Lipinski definition) is 2. The number of nitrogens with one attached hydrogen (secondary N) is 1. The van der Waals surface area contributed by atoms with Crippen molar-refractivity contribution in [1.82, 2.24) is 0 Å². The van der Waals surface area contributed by atoms with Crippen LogP contribution in [0.1, 0.15) is 23.2 Å². The zero-order chi connectivity index (χ0) is 13.0. The van der Waals surface area contributed by atoms with Crippen molar-refractivity contribution in [2.24, 2.45) is 0 Å². The predicted molar refractivity (Wildman–Crippen MR) is 69.7 cm³/mol. The second kappa shape index (κ2) is 5.73. The Balaban J connectivity index is 1.98. The first-order valence-corrected chi connectivity index (χ1v) is 6.04. The molecular formula is C13H18N2O3. The van der Waals surface area contributed by atoms with Crippen molar-refractivity contribution in [3.63, 3.8) is 0 Å². The Morgan fingerprint density at radius 1 is 1.61 bits per heavy atom. The van der Waals surface area contributed by atoms with E-state index in [1.54, 1.807) is 18.2 Å². The lowest BCUT2D eigenvalue weighted by molar-refractivity contribution is 0.0601. The van der Waals surface area contributed by atoms with E-state index < -0.39 is 0 Å². The Bertz CT molecular complexity index is 428. The lowest BCUT2D eigenvalue weighted by Gasteiger charge is -2.14. The highest BCUT2D eigenvalue weighted by atomic mass is 16.5. The van der Waals surface area contributed by atoms with E-state index in [4.69, 9.17) is 10.5 Å². The molecule has 98 valence electrons. The van der Waals surface area contributed by atoms with Crippen molar-refractivity contribution in [3.8, 4) is 0 Å². The Morgan fingerprint density at radius 3 is 3.06 bits per heavy atom. The van der Waals surface area contributed by atoms with Crippen molar-refractivity contribution in [2.45, 2.75) is 18.9 Å². The van der Waals surface area contributed by atoms with Crippen molar-refractivity contribution in [2.75, 3.05) is 31.3 Å².